The van der Waals surface area contributed by atoms with Crippen molar-refractivity contribution in [1.82, 2.24) is 10.6 Å². The smallest absolute Gasteiger partial charge is 0.241 e. The Morgan fingerprint density at radius 3 is 2.59 bits per heavy atom. The van der Waals surface area contributed by atoms with Crippen LogP contribution in [-0.2, 0) is 16.0 Å². The summed E-state index contributed by atoms with van der Waals surface area (Å²) in [5.74, 6) is 0.100. The summed E-state index contributed by atoms with van der Waals surface area (Å²) in [5, 5.41) is 9.53. The number of rotatable bonds is 6. The molecule has 5 heteroatoms. The summed E-state index contributed by atoms with van der Waals surface area (Å²) in [5.41, 5.74) is 4.13. The summed E-state index contributed by atoms with van der Waals surface area (Å²) >= 11 is 0. The second-order valence-corrected chi connectivity index (χ2v) is 7.48. The molecule has 2 aromatic rings. The minimum absolute atomic E-state index is 0.00286. The third-order valence-electron chi connectivity index (χ3n) is 5.26. The summed E-state index contributed by atoms with van der Waals surface area (Å²) in [4.78, 5) is 24.4. The number of aryl methyl sites for hydroxylation is 1. The predicted molar refractivity (Wildman–Crippen MR) is 105 cm³/mol. The van der Waals surface area contributed by atoms with E-state index < -0.39 is 6.04 Å². The summed E-state index contributed by atoms with van der Waals surface area (Å²) in [6.07, 6.45) is 3.42. The molecule has 2 aromatic carbocycles. The zero-order valence-corrected chi connectivity index (χ0v) is 15.5. The molecule has 0 unspecified atom stereocenters. The number of nitrogens with one attached hydrogen (secondary N) is 3. The predicted octanol–water partition coefficient (Wildman–Crippen LogP) is 3.24. The van der Waals surface area contributed by atoms with Crippen molar-refractivity contribution in [2.75, 3.05) is 5.32 Å². The molecular formula is C22H25N3O2. The van der Waals surface area contributed by atoms with Crippen LogP contribution < -0.4 is 16.0 Å². The Hall–Kier alpha value is -2.66. The summed E-state index contributed by atoms with van der Waals surface area (Å²) in [6, 6.07) is 15.9. The topological polar surface area (TPSA) is 70.2 Å². The number of benzene rings is 2. The van der Waals surface area contributed by atoms with Gasteiger partial charge in [-0.2, -0.15) is 0 Å². The molecule has 5 nitrogen and oxygen atoms in total. The molecule has 4 rings (SSSR count). The van der Waals surface area contributed by atoms with E-state index in [0.29, 0.717) is 12.5 Å². The van der Waals surface area contributed by atoms with E-state index >= 15 is 0 Å². The van der Waals surface area contributed by atoms with Crippen LogP contribution in [0.25, 0.3) is 0 Å². The van der Waals surface area contributed by atoms with Gasteiger partial charge in [-0.1, -0.05) is 42.5 Å². The van der Waals surface area contributed by atoms with Gasteiger partial charge in [0, 0.05) is 24.2 Å². The van der Waals surface area contributed by atoms with Crippen LogP contribution >= 0.6 is 0 Å². The maximum absolute atomic E-state index is 12.8. The third kappa shape index (κ3) is 4.19. The normalized spacial score (nSPS) is 18.2. The highest BCUT2D eigenvalue weighted by Gasteiger charge is 2.29. The lowest BCUT2D eigenvalue weighted by Gasteiger charge is -2.25. The van der Waals surface area contributed by atoms with Crippen molar-refractivity contribution in [3.63, 3.8) is 0 Å². The lowest BCUT2D eigenvalue weighted by atomic mass is 9.96. The van der Waals surface area contributed by atoms with Gasteiger partial charge in [0.2, 0.25) is 11.8 Å². The standard InChI is InChI=1S/C22H25N3O2/c1-14(16-7-11-19-17(13-16)8-12-20(26)25-19)23-21(15-5-3-2-4-6-15)22(27)24-18-9-10-18/h2-7,11,13-14,18,21,23H,8-10,12H2,1H3,(H,24,27)(H,25,26)/t14-,21+/m0/s1. The highest BCUT2D eigenvalue weighted by molar-refractivity contribution is 5.93. The zero-order valence-electron chi connectivity index (χ0n) is 15.5. The highest BCUT2D eigenvalue weighted by Crippen LogP contribution is 2.28. The Kier molecular flexibility index (Phi) is 4.94. The van der Waals surface area contributed by atoms with E-state index in [0.717, 1.165) is 41.6 Å². The van der Waals surface area contributed by atoms with Crippen LogP contribution in [0.3, 0.4) is 0 Å². The van der Waals surface area contributed by atoms with Crippen molar-refractivity contribution < 1.29 is 9.59 Å². The van der Waals surface area contributed by atoms with E-state index in [1.807, 2.05) is 42.5 Å². The van der Waals surface area contributed by atoms with Gasteiger partial charge in [-0.3, -0.25) is 14.9 Å². The molecule has 2 aliphatic rings. The van der Waals surface area contributed by atoms with Crippen LogP contribution in [0.4, 0.5) is 5.69 Å². The van der Waals surface area contributed by atoms with Crippen LogP contribution in [0.1, 0.15) is 55.0 Å². The molecule has 0 saturated heterocycles. The number of hydrogen-bond donors (Lipinski definition) is 3. The summed E-state index contributed by atoms with van der Waals surface area (Å²) in [6.45, 7) is 2.07. The van der Waals surface area contributed by atoms with Gasteiger partial charge in [-0.15, -0.1) is 0 Å². The number of hydrogen-bond acceptors (Lipinski definition) is 3. The molecule has 3 N–H and O–H groups in total. The Morgan fingerprint density at radius 2 is 1.85 bits per heavy atom. The van der Waals surface area contributed by atoms with Gasteiger partial charge in [0.05, 0.1) is 0 Å². The van der Waals surface area contributed by atoms with E-state index in [-0.39, 0.29) is 17.9 Å². The van der Waals surface area contributed by atoms with Crippen molar-refractivity contribution in [2.24, 2.45) is 0 Å². The minimum atomic E-state index is -0.391. The number of fused-ring (bicyclic) bond motifs is 1. The van der Waals surface area contributed by atoms with Gasteiger partial charge >= 0.3 is 0 Å². The van der Waals surface area contributed by atoms with E-state index in [4.69, 9.17) is 0 Å². The summed E-state index contributed by atoms with van der Waals surface area (Å²) < 4.78 is 0. The molecule has 1 aliphatic carbocycles. The minimum Gasteiger partial charge on any atom is -0.352 e. The molecule has 140 valence electrons. The van der Waals surface area contributed by atoms with Crippen LogP contribution in [0, 0.1) is 0 Å². The maximum Gasteiger partial charge on any atom is 0.241 e. The Morgan fingerprint density at radius 1 is 1.07 bits per heavy atom. The molecule has 0 aromatic heterocycles. The highest BCUT2D eigenvalue weighted by atomic mass is 16.2. The first-order chi connectivity index (χ1) is 13.1. The maximum atomic E-state index is 12.8. The van der Waals surface area contributed by atoms with E-state index in [1.54, 1.807) is 0 Å². The molecule has 2 amide bonds. The van der Waals surface area contributed by atoms with Gasteiger partial charge in [0.25, 0.3) is 0 Å². The lowest BCUT2D eigenvalue weighted by Crippen LogP contribution is -2.39. The van der Waals surface area contributed by atoms with Crippen LogP contribution in [0.5, 0.6) is 0 Å². The van der Waals surface area contributed by atoms with E-state index in [9.17, 15) is 9.59 Å². The second kappa shape index (κ2) is 7.53. The number of anilines is 1. The number of carbonyl (C=O) groups is 2. The number of amides is 2. The van der Waals surface area contributed by atoms with Crippen molar-refractivity contribution >= 4 is 17.5 Å². The SMILES string of the molecule is C[C@H](N[C@@H](C(=O)NC1CC1)c1ccccc1)c1ccc2c(c1)CCC(=O)N2. The molecule has 1 heterocycles. The van der Waals surface area contributed by atoms with Gasteiger partial charge in [0.1, 0.15) is 6.04 Å². The van der Waals surface area contributed by atoms with Gasteiger partial charge in [0.15, 0.2) is 0 Å². The zero-order chi connectivity index (χ0) is 18.8. The van der Waals surface area contributed by atoms with Crippen molar-refractivity contribution in [1.29, 1.82) is 0 Å². The largest absolute Gasteiger partial charge is 0.352 e. The van der Waals surface area contributed by atoms with Crippen LogP contribution in [0.2, 0.25) is 0 Å². The van der Waals surface area contributed by atoms with Gasteiger partial charge < -0.3 is 10.6 Å². The molecule has 1 saturated carbocycles. The average molecular weight is 363 g/mol. The molecular weight excluding hydrogens is 338 g/mol. The monoisotopic (exact) mass is 363 g/mol. The first-order valence-corrected chi connectivity index (χ1v) is 9.64. The molecule has 2 atom stereocenters. The number of carbonyl (C=O) groups excluding carboxylic acids is 2. The third-order valence-corrected chi connectivity index (χ3v) is 5.26. The Balaban J connectivity index is 1.53. The molecule has 1 fully saturated rings. The van der Waals surface area contributed by atoms with Crippen molar-refractivity contribution in [2.45, 2.75) is 50.7 Å². The fourth-order valence-corrected chi connectivity index (χ4v) is 3.50. The van der Waals surface area contributed by atoms with E-state index in [1.165, 1.54) is 0 Å². The van der Waals surface area contributed by atoms with Crippen molar-refractivity contribution in [3.8, 4) is 0 Å². The first kappa shape index (κ1) is 17.7. The van der Waals surface area contributed by atoms with Crippen molar-refractivity contribution in [3.05, 3.63) is 65.2 Å². The van der Waals surface area contributed by atoms with E-state index in [2.05, 4.69) is 28.9 Å². The fourth-order valence-electron chi connectivity index (χ4n) is 3.50. The fraction of sp³-hybridized carbons (Fsp3) is 0.364. The Bertz CT molecular complexity index is 846. The molecule has 0 bridgehead atoms. The molecule has 0 spiro atoms. The molecule has 27 heavy (non-hydrogen) atoms. The average Bonchev–Trinajstić information content (AvgIpc) is 3.50. The van der Waals surface area contributed by atoms with Crippen LogP contribution in [0.15, 0.2) is 48.5 Å². The molecule has 0 radical (unpaired) electrons. The van der Waals surface area contributed by atoms with Crippen LogP contribution in [-0.4, -0.2) is 17.9 Å². The quantitative estimate of drug-likeness (QED) is 0.738. The van der Waals surface area contributed by atoms with Gasteiger partial charge in [-0.05, 0) is 48.9 Å². The first-order valence-electron chi connectivity index (χ1n) is 9.64. The summed E-state index contributed by atoms with van der Waals surface area (Å²) in [7, 11) is 0. The molecule has 1 aliphatic heterocycles. The second-order valence-electron chi connectivity index (χ2n) is 7.48. The Labute approximate surface area is 159 Å². The van der Waals surface area contributed by atoms with Gasteiger partial charge in [-0.25, -0.2) is 0 Å². The lowest BCUT2D eigenvalue weighted by molar-refractivity contribution is -0.123.